The highest BCUT2D eigenvalue weighted by Crippen LogP contribution is 2.23. The van der Waals surface area contributed by atoms with Gasteiger partial charge >= 0.3 is 0 Å². The summed E-state index contributed by atoms with van der Waals surface area (Å²) in [7, 11) is 0. The first-order valence-electron chi connectivity index (χ1n) is 5.90. The van der Waals surface area contributed by atoms with Crippen LogP contribution in [0.5, 0.6) is 5.75 Å². The number of hydrogen-bond acceptors (Lipinski definition) is 3. The Morgan fingerprint density at radius 1 is 1.15 bits per heavy atom. The molecule has 0 saturated carbocycles. The molecule has 2 rings (SSSR count). The standard InChI is InChI=1S/C15H11F2NOS/c16-12-5-6-13(17)15(9-12)20-8-7-19-14-4-2-1-3-11(14)10-18/h1-6,9H,7-8H2. The van der Waals surface area contributed by atoms with Crippen molar-refractivity contribution >= 4 is 11.8 Å². The van der Waals surface area contributed by atoms with Gasteiger partial charge in [-0.05, 0) is 30.3 Å². The second kappa shape index (κ2) is 6.92. The van der Waals surface area contributed by atoms with Gasteiger partial charge in [0.2, 0.25) is 0 Å². The molecular formula is C15H11F2NOS. The summed E-state index contributed by atoms with van der Waals surface area (Å²) in [5.74, 6) is 0.0360. The van der Waals surface area contributed by atoms with Crippen LogP contribution in [0.3, 0.4) is 0 Å². The number of rotatable bonds is 5. The van der Waals surface area contributed by atoms with Crippen LogP contribution in [0.15, 0.2) is 47.4 Å². The second-order valence-electron chi connectivity index (χ2n) is 3.88. The van der Waals surface area contributed by atoms with Crippen molar-refractivity contribution in [1.29, 1.82) is 5.26 Å². The van der Waals surface area contributed by atoms with E-state index in [0.717, 1.165) is 18.2 Å². The second-order valence-corrected chi connectivity index (χ2v) is 5.02. The SMILES string of the molecule is N#Cc1ccccc1OCCSc1cc(F)ccc1F. The molecule has 0 N–H and O–H groups in total. The number of ether oxygens (including phenoxy) is 1. The summed E-state index contributed by atoms with van der Waals surface area (Å²) in [6, 6.07) is 12.3. The van der Waals surface area contributed by atoms with Crippen LogP contribution in [0.25, 0.3) is 0 Å². The van der Waals surface area contributed by atoms with E-state index in [0.29, 0.717) is 23.7 Å². The Hall–Kier alpha value is -2.06. The molecule has 2 nitrogen and oxygen atoms in total. The number of para-hydroxylation sites is 1. The van der Waals surface area contributed by atoms with Crippen molar-refractivity contribution in [3.05, 3.63) is 59.7 Å². The van der Waals surface area contributed by atoms with Crippen molar-refractivity contribution in [2.45, 2.75) is 4.90 Å². The maximum absolute atomic E-state index is 13.4. The van der Waals surface area contributed by atoms with Gasteiger partial charge in [0.15, 0.2) is 0 Å². The lowest BCUT2D eigenvalue weighted by molar-refractivity contribution is 0.343. The molecule has 0 unspecified atom stereocenters. The maximum atomic E-state index is 13.4. The van der Waals surface area contributed by atoms with Gasteiger partial charge in [-0.15, -0.1) is 11.8 Å². The Labute approximate surface area is 120 Å². The summed E-state index contributed by atoms with van der Waals surface area (Å²) in [6.07, 6.45) is 0. The van der Waals surface area contributed by atoms with E-state index in [9.17, 15) is 8.78 Å². The molecule has 2 aromatic rings. The smallest absolute Gasteiger partial charge is 0.137 e. The van der Waals surface area contributed by atoms with Crippen LogP contribution in [-0.2, 0) is 0 Å². The zero-order valence-corrected chi connectivity index (χ0v) is 11.3. The Balaban J connectivity index is 1.88. The zero-order chi connectivity index (χ0) is 14.4. The van der Waals surface area contributed by atoms with Gasteiger partial charge in [0.05, 0.1) is 12.2 Å². The van der Waals surface area contributed by atoms with E-state index < -0.39 is 11.6 Å². The van der Waals surface area contributed by atoms with Crippen molar-refractivity contribution in [2.24, 2.45) is 0 Å². The van der Waals surface area contributed by atoms with E-state index in [-0.39, 0.29) is 4.90 Å². The Bertz CT molecular complexity index is 640. The van der Waals surface area contributed by atoms with Crippen molar-refractivity contribution in [3.63, 3.8) is 0 Å². The molecule has 0 atom stereocenters. The van der Waals surface area contributed by atoms with Crippen molar-refractivity contribution in [3.8, 4) is 11.8 Å². The third kappa shape index (κ3) is 3.72. The van der Waals surface area contributed by atoms with Gasteiger partial charge in [-0.1, -0.05) is 12.1 Å². The first kappa shape index (κ1) is 14.4. The minimum atomic E-state index is -0.468. The van der Waals surface area contributed by atoms with Crippen LogP contribution >= 0.6 is 11.8 Å². The molecule has 0 radical (unpaired) electrons. The predicted molar refractivity (Wildman–Crippen MR) is 73.7 cm³/mol. The molecule has 0 bridgehead atoms. The Morgan fingerprint density at radius 2 is 1.95 bits per heavy atom. The Kier molecular flexibility index (Phi) is 4.97. The zero-order valence-electron chi connectivity index (χ0n) is 10.5. The summed E-state index contributed by atoms with van der Waals surface area (Å²) in [4.78, 5) is 0.252. The Morgan fingerprint density at radius 3 is 2.75 bits per heavy atom. The average Bonchev–Trinajstić information content (AvgIpc) is 2.47. The van der Waals surface area contributed by atoms with Crippen LogP contribution in [0.2, 0.25) is 0 Å². The monoisotopic (exact) mass is 291 g/mol. The number of hydrogen-bond donors (Lipinski definition) is 0. The number of nitriles is 1. The highest BCUT2D eigenvalue weighted by molar-refractivity contribution is 7.99. The molecule has 0 aliphatic heterocycles. The highest BCUT2D eigenvalue weighted by Gasteiger charge is 2.05. The van der Waals surface area contributed by atoms with E-state index in [1.165, 1.54) is 11.8 Å². The lowest BCUT2D eigenvalue weighted by atomic mass is 10.2. The van der Waals surface area contributed by atoms with Crippen LogP contribution in [0.4, 0.5) is 8.78 Å². The van der Waals surface area contributed by atoms with E-state index in [2.05, 4.69) is 0 Å². The first-order chi connectivity index (χ1) is 9.70. The van der Waals surface area contributed by atoms with Crippen molar-refractivity contribution < 1.29 is 13.5 Å². The third-order valence-electron chi connectivity index (χ3n) is 2.50. The summed E-state index contributed by atoms with van der Waals surface area (Å²) in [5.41, 5.74) is 0.453. The molecule has 0 aliphatic rings. The third-order valence-corrected chi connectivity index (χ3v) is 3.49. The fourth-order valence-electron chi connectivity index (χ4n) is 1.58. The van der Waals surface area contributed by atoms with Crippen LogP contribution < -0.4 is 4.74 Å². The van der Waals surface area contributed by atoms with Gasteiger partial charge in [-0.2, -0.15) is 5.26 Å². The summed E-state index contributed by atoms with van der Waals surface area (Å²) in [5, 5.41) is 8.89. The topological polar surface area (TPSA) is 33.0 Å². The molecule has 20 heavy (non-hydrogen) atoms. The largest absolute Gasteiger partial charge is 0.491 e. The number of benzene rings is 2. The average molecular weight is 291 g/mol. The molecule has 0 spiro atoms. The molecule has 0 fully saturated rings. The molecule has 0 heterocycles. The molecule has 0 saturated heterocycles. The van der Waals surface area contributed by atoms with Crippen LogP contribution in [0.1, 0.15) is 5.56 Å². The fourth-order valence-corrected chi connectivity index (χ4v) is 2.36. The molecule has 2 aromatic carbocycles. The minimum Gasteiger partial charge on any atom is -0.491 e. The normalized spacial score (nSPS) is 10.1. The van der Waals surface area contributed by atoms with Gasteiger partial charge in [-0.3, -0.25) is 0 Å². The predicted octanol–water partition coefficient (Wildman–Crippen LogP) is 4.01. The van der Waals surface area contributed by atoms with Crippen LogP contribution in [0, 0.1) is 23.0 Å². The molecule has 0 amide bonds. The number of halogens is 2. The van der Waals surface area contributed by atoms with Crippen LogP contribution in [-0.4, -0.2) is 12.4 Å². The molecule has 0 aliphatic carbocycles. The molecule has 0 aromatic heterocycles. The molecular weight excluding hydrogens is 280 g/mol. The molecule has 102 valence electrons. The highest BCUT2D eigenvalue weighted by atomic mass is 32.2. The summed E-state index contributed by atoms with van der Waals surface area (Å²) in [6.45, 7) is 0.305. The summed E-state index contributed by atoms with van der Waals surface area (Å²) >= 11 is 1.17. The molecule has 5 heteroatoms. The van der Waals surface area contributed by atoms with Crippen molar-refractivity contribution in [1.82, 2.24) is 0 Å². The fraction of sp³-hybridized carbons (Fsp3) is 0.133. The first-order valence-corrected chi connectivity index (χ1v) is 6.89. The van der Waals surface area contributed by atoms with Gasteiger partial charge in [-0.25, -0.2) is 8.78 Å². The van der Waals surface area contributed by atoms with Gasteiger partial charge in [0, 0.05) is 10.6 Å². The van der Waals surface area contributed by atoms with Gasteiger partial charge in [0.1, 0.15) is 23.5 Å². The van der Waals surface area contributed by atoms with Crippen molar-refractivity contribution in [2.75, 3.05) is 12.4 Å². The number of nitrogens with zero attached hydrogens (tertiary/aromatic N) is 1. The van der Waals surface area contributed by atoms with E-state index in [4.69, 9.17) is 10.00 Å². The lowest BCUT2D eigenvalue weighted by Gasteiger charge is -2.07. The van der Waals surface area contributed by atoms with Gasteiger partial charge in [0.25, 0.3) is 0 Å². The lowest BCUT2D eigenvalue weighted by Crippen LogP contribution is -2.01. The minimum absolute atomic E-state index is 0.252. The van der Waals surface area contributed by atoms with E-state index in [1.807, 2.05) is 6.07 Å². The van der Waals surface area contributed by atoms with Gasteiger partial charge < -0.3 is 4.74 Å². The quantitative estimate of drug-likeness (QED) is 0.616. The van der Waals surface area contributed by atoms with E-state index in [1.54, 1.807) is 24.3 Å². The van der Waals surface area contributed by atoms with E-state index >= 15 is 0 Å². The maximum Gasteiger partial charge on any atom is 0.137 e. The summed E-state index contributed by atoms with van der Waals surface area (Å²) < 4.78 is 31.8. The number of thioether (sulfide) groups is 1.